The van der Waals surface area contributed by atoms with Gasteiger partial charge in [-0.3, -0.25) is 0 Å². The maximum Gasteiger partial charge on any atom is 0.0824 e. The summed E-state index contributed by atoms with van der Waals surface area (Å²) in [6.07, 6.45) is 5.83. The highest BCUT2D eigenvalue weighted by Crippen LogP contribution is 2.39. The van der Waals surface area contributed by atoms with Gasteiger partial charge in [-0.15, -0.1) is 0 Å². The molecule has 0 bridgehead atoms. The highest BCUT2D eigenvalue weighted by atomic mass is 16.5. The van der Waals surface area contributed by atoms with E-state index < -0.39 is 0 Å². The number of rotatable bonds is 3. The molecule has 92 valence electrons. The molecule has 0 aromatic heterocycles. The second kappa shape index (κ2) is 4.79. The molecule has 0 spiro atoms. The summed E-state index contributed by atoms with van der Waals surface area (Å²) in [5.41, 5.74) is 2.47. The Kier molecular flexibility index (Phi) is 3.17. The smallest absolute Gasteiger partial charge is 0.0824 e. The standard InChI is InChI=1S/C15H20O2/c16-15-12(7-8-13-5-3-9-17-13)10-11-4-1-2-6-14(11)15/h1-2,4,6,12-13,15-16H,3,5,7-10H2. The fourth-order valence-corrected chi connectivity index (χ4v) is 3.19. The van der Waals surface area contributed by atoms with Gasteiger partial charge in [-0.05, 0) is 49.1 Å². The molecule has 1 saturated heterocycles. The van der Waals surface area contributed by atoms with E-state index in [1.54, 1.807) is 0 Å². The number of ether oxygens (including phenoxy) is 1. The first-order valence-corrected chi connectivity index (χ1v) is 6.72. The Morgan fingerprint density at radius 1 is 1.24 bits per heavy atom. The lowest BCUT2D eigenvalue weighted by molar-refractivity contribution is 0.0769. The van der Waals surface area contributed by atoms with Gasteiger partial charge in [0.25, 0.3) is 0 Å². The van der Waals surface area contributed by atoms with E-state index in [1.165, 1.54) is 18.4 Å². The van der Waals surface area contributed by atoms with Crippen molar-refractivity contribution >= 4 is 0 Å². The molecule has 2 aliphatic rings. The average Bonchev–Trinajstić information content (AvgIpc) is 2.96. The van der Waals surface area contributed by atoms with Crippen LogP contribution in [0.25, 0.3) is 0 Å². The van der Waals surface area contributed by atoms with Gasteiger partial charge in [0.2, 0.25) is 0 Å². The maximum absolute atomic E-state index is 10.3. The summed E-state index contributed by atoms with van der Waals surface area (Å²) in [7, 11) is 0. The lowest BCUT2D eigenvalue weighted by Crippen LogP contribution is -2.12. The van der Waals surface area contributed by atoms with Crippen molar-refractivity contribution in [3.63, 3.8) is 0 Å². The van der Waals surface area contributed by atoms with E-state index in [2.05, 4.69) is 18.2 Å². The third-order valence-corrected chi connectivity index (χ3v) is 4.19. The number of hydrogen-bond donors (Lipinski definition) is 1. The lowest BCUT2D eigenvalue weighted by atomic mass is 9.95. The summed E-state index contributed by atoms with van der Waals surface area (Å²) >= 11 is 0. The molecule has 3 atom stereocenters. The number of aliphatic hydroxyl groups excluding tert-OH is 1. The lowest BCUT2D eigenvalue weighted by Gasteiger charge is -2.17. The van der Waals surface area contributed by atoms with Gasteiger partial charge in [0.1, 0.15) is 0 Å². The van der Waals surface area contributed by atoms with Crippen LogP contribution in [0.15, 0.2) is 24.3 Å². The van der Waals surface area contributed by atoms with Gasteiger partial charge in [0, 0.05) is 6.61 Å². The number of aliphatic hydroxyl groups is 1. The fourth-order valence-electron chi connectivity index (χ4n) is 3.19. The van der Waals surface area contributed by atoms with Crippen molar-refractivity contribution < 1.29 is 9.84 Å². The van der Waals surface area contributed by atoms with Crippen LogP contribution in [0.3, 0.4) is 0 Å². The molecule has 2 nitrogen and oxygen atoms in total. The minimum absolute atomic E-state index is 0.257. The first kappa shape index (κ1) is 11.2. The fraction of sp³-hybridized carbons (Fsp3) is 0.600. The minimum Gasteiger partial charge on any atom is -0.388 e. The molecule has 1 aromatic rings. The largest absolute Gasteiger partial charge is 0.388 e. The van der Waals surface area contributed by atoms with Crippen molar-refractivity contribution in [1.29, 1.82) is 0 Å². The van der Waals surface area contributed by atoms with Gasteiger partial charge in [-0.1, -0.05) is 24.3 Å². The van der Waals surface area contributed by atoms with Gasteiger partial charge >= 0.3 is 0 Å². The van der Waals surface area contributed by atoms with Crippen LogP contribution in [0.2, 0.25) is 0 Å². The number of benzene rings is 1. The summed E-state index contributed by atoms with van der Waals surface area (Å²) in [6, 6.07) is 8.29. The van der Waals surface area contributed by atoms with Crippen LogP contribution >= 0.6 is 0 Å². The van der Waals surface area contributed by atoms with Gasteiger partial charge < -0.3 is 9.84 Å². The summed E-state index contributed by atoms with van der Waals surface area (Å²) in [6.45, 7) is 0.929. The molecular weight excluding hydrogens is 212 g/mol. The normalized spacial score (nSPS) is 31.7. The van der Waals surface area contributed by atoms with Crippen molar-refractivity contribution in [2.75, 3.05) is 6.61 Å². The second-order valence-corrected chi connectivity index (χ2v) is 5.32. The Bertz CT molecular complexity index is 382. The van der Waals surface area contributed by atoms with Crippen molar-refractivity contribution in [2.45, 2.75) is 44.3 Å². The number of hydrogen-bond acceptors (Lipinski definition) is 2. The zero-order valence-electron chi connectivity index (χ0n) is 10.1. The van der Waals surface area contributed by atoms with E-state index in [1.807, 2.05) is 6.07 Å². The Hall–Kier alpha value is -0.860. The summed E-state index contributed by atoms with van der Waals surface area (Å²) in [5.74, 6) is 0.400. The van der Waals surface area contributed by atoms with Crippen molar-refractivity contribution in [1.82, 2.24) is 0 Å². The average molecular weight is 232 g/mol. The molecule has 0 radical (unpaired) electrons. The van der Waals surface area contributed by atoms with Crippen molar-refractivity contribution in [3.8, 4) is 0 Å². The Morgan fingerprint density at radius 3 is 2.88 bits per heavy atom. The molecule has 1 aliphatic carbocycles. The van der Waals surface area contributed by atoms with Crippen LogP contribution in [0.1, 0.15) is 42.9 Å². The van der Waals surface area contributed by atoms with Crippen molar-refractivity contribution in [2.24, 2.45) is 5.92 Å². The van der Waals surface area contributed by atoms with Crippen LogP contribution in [0.5, 0.6) is 0 Å². The molecule has 3 unspecified atom stereocenters. The first-order valence-electron chi connectivity index (χ1n) is 6.72. The summed E-state index contributed by atoms with van der Waals surface area (Å²) in [4.78, 5) is 0. The molecule has 1 fully saturated rings. The van der Waals surface area contributed by atoms with E-state index in [9.17, 15) is 5.11 Å². The summed E-state index contributed by atoms with van der Waals surface area (Å²) < 4.78 is 5.64. The molecule has 1 N–H and O–H groups in total. The van der Waals surface area contributed by atoms with Crippen LogP contribution in [-0.4, -0.2) is 17.8 Å². The van der Waals surface area contributed by atoms with Gasteiger partial charge in [-0.25, -0.2) is 0 Å². The van der Waals surface area contributed by atoms with Crippen LogP contribution in [0, 0.1) is 5.92 Å². The Balaban J connectivity index is 1.59. The van der Waals surface area contributed by atoms with E-state index in [-0.39, 0.29) is 6.10 Å². The van der Waals surface area contributed by atoms with E-state index in [0.717, 1.165) is 31.4 Å². The third kappa shape index (κ3) is 2.24. The van der Waals surface area contributed by atoms with Gasteiger partial charge in [0.15, 0.2) is 0 Å². The van der Waals surface area contributed by atoms with E-state index >= 15 is 0 Å². The van der Waals surface area contributed by atoms with Gasteiger partial charge in [0.05, 0.1) is 12.2 Å². The highest BCUT2D eigenvalue weighted by molar-refractivity contribution is 5.34. The SMILES string of the molecule is OC1c2ccccc2CC1CCC1CCCO1. The monoisotopic (exact) mass is 232 g/mol. The van der Waals surface area contributed by atoms with E-state index in [0.29, 0.717) is 12.0 Å². The number of fused-ring (bicyclic) bond motifs is 1. The van der Waals surface area contributed by atoms with Crippen LogP contribution in [-0.2, 0) is 11.2 Å². The molecule has 0 saturated carbocycles. The predicted molar refractivity (Wildman–Crippen MR) is 66.8 cm³/mol. The maximum atomic E-state index is 10.3. The van der Waals surface area contributed by atoms with Gasteiger partial charge in [-0.2, -0.15) is 0 Å². The minimum atomic E-state index is -0.257. The molecule has 1 aliphatic heterocycles. The topological polar surface area (TPSA) is 29.5 Å². The Labute approximate surface area is 103 Å². The third-order valence-electron chi connectivity index (χ3n) is 4.19. The molecule has 0 amide bonds. The summed E-state index contributed by atoms with van der Waals surface area (Å²) in [5, 5.41) is 10.3. The molecule has 1 heterocycles. The van der Waals surface area contributed by atoms with E-state index in [4.69, 9.17) is 4.74 Å². The molecule has 3 rings (SSSR count). The first-order chi connectivity index (χ1) is 8.34. The highest BCUT2D eigenvalue weighted by Gasteiger charge is 2.31. The zero-order chi connectivity index (χ0) is 11.7. The molecule has 1 aromatic carbocycles. The predicted octanol–water partition coefficient (Wildman–Crippen LogP) is 2.85. The molecule has 2 heteroatoms. The quantitative estimate of drug-likeness (QED) is 0.868. The van der Waals surface area contributed by atoms with Crippen LogP contribution in [0.4, 0.5) is 0 Å². The Morgan fingerprint density at radius 2 is 2.12 bits per heavy atom. The van der Waals surface area contributed by atoms with Crippen LogP contribution < -0.4 is 0 Å². The zero-order valence-corrected chi connectivity index (χ0v) is 10.1. The molecule has 17 heavy (non-hydrogen) atoms. The molecular formula is C15H20O2. The second-order valence-electron chi connectivity index (χ2n) is 5.32. The van der Waals surface area contributed by atoms with Crippen molar-refractivity contribution in [3.05, 3.63) is 35.4 Å².